The molecule has 0 saturated carbocycles. The van der Waals surface area contributed by atoms with E-state index in [0.717, 1.165) is 37.6 Å². The van der Waals surface area contributed by atoms with Crippen LogP contribution in [-0.4, -0.2) is 60.8 Å². The summed E-state index contributed by atoms with van der Waals surface area (Å²) in [7, 11) is 1.57. The van der Waals surface area contributed by atoms with Crippen molar-refractivity contribution in [3.05, 3.63) is 34.6 Å². The van der Waals surface area contributed by atoms with Crippen molar-refractivity contribution in [1.82, 2.24) is 15.1 Å². The first kappa shape index (κ1) is 18.5. The summed E-state index contributed by atoms with van der Waals surface area (Å²) in [4.78, 5) is 16.9. The molecule has 1 fully saturated rings. The predicted octanol–water partition coefficient (Wildman–Crippen LogP) is 2.45. The van der Waals surface area contributed by atoms with Crippen LogP contribution < -0.4 is 15.0 Å². The number of aromatic amines is 1. The highest BCUT2D eigenvalue weighted by Gasteiger charge is 2.22. The summed E-state index contributed by atoms with van der Waals surface area (Å²) in [5, 5.41) is 10.7. The molecule has 2 heterocycles. The van der Waals surface area contributed by atoms with Crippen molar-refractivity contribution < 1.29 is 9.53 Å². The van der Waals surface area contributed by atoms with E-state index in [9.17, 15) is 4.79 Å². The molecule has 1 aliphatic rings. The lowest BCUT2D eigenvalue weighted by Gasteiger charge is -2.35. The average molecular weight is 378 g/mol. The maximum Gasteiger partial charge on any atom is 0.238 e. The SMILES string of the molecule is COc1ccc(Cl)cc1NC(=O)CN1CCN(c2c(C)n[nH]c2C)CC1. The Bertz CT molecular complexity index is 764. The van der Waals surface area contributed by atoms with E-state index in [2.05, 4.69) is 25.3 Å². The number of carbonyl (C=O) groups excluding carboxylic acids is 1. The molecule has 3 rings (SSSR count). The van der Waals surface area contributed by atoms with Gasteiger partial charge in [-0.25, -0.2) is 0 Å². The van der Waals surface area contributed by atoms with Crippen molar-refractivity contribution in [3.63, 3.8) is 0 Å². The second-order valence-electron chi connectivity index (χ2n) is 6.44. The number of hydrogen-bond donors (Lipinski definition) is 2. The molecule has 1 saturated heterocycles. The number of rotatable bonds is 5. The molecule has 0 unspecified atom stereocenters. The Labute approximate surface area is 158 Å². The van der Waals surface area contributed by atoms with Crippen LogP contribution in [0.4, 0.5) is 11.4 Å². The van der Waals surface area contributed by atoms with Crippen molar-refractivity contribution in [2.24, 2.45) is 0 Å². The Morgan fingerprint density at radius 2 is 2.04 bits per heavy atom. The normalized spacial score (nSPS) is 15.2. The van der Waals surface area contributed by atoms with Crippen LogP contribution in [0.1, 0.15) is 11.4 Å². The Morgan fingerprint density at radius 3 is 2.65 bits per heavy atom. The first-order valence-electron chi connectivity index (χ1n) is 8.60. The minimum atomic E-state index is -0.0744. The Balaban J connectivity index is 1.55. The molecule has 1 amide bonds. The third-order valence-electron chi connectivity index (χ3n) is 4.58. The number of nitrogens with one attached hydrogen (secondary N) is 2. The van der Waals surface area contributed by atoms with Crippen molar-refractivity contribution in [3.8, 4) is 5.75 Å². The van der Waals surface area contributed by atoms with E-state index in [1.54, 1.807) is 25.3 Å². The molecule has 2 N–H and O–H groups in total. The maximum atomic E-state index is 12.4. The lowest BCUT2D eigenvalue weighted by molar-refractivity contribution is -0.117. The molecule has 1 aromatic heterocycles. The Morgan fingerprint density at radius 1 is 1.31 bits per heavy atom. The molecule has 0 bridgehead atoms. The minimum Gasteiger partial charge on any atom is -0.495 e. The van der Waals surface area contributed by atoms with E-state index in [1.165, 1.54) is 5.69 Å². The van der Waals surface area contributed by atoms with Gasteiger partial charge < -0.3 is 15.0 Å². The van der Waals surface area contributed by atoms with Crippen LogP contribution in [0.15, 0.2) is 18.2 Å². The molecule has 0 radical (unpaired) electrons. The Kier molecular flexibility index (Phi) is 5.68. The van der Waals surface area contributed by atoms with Gasteiger partial charge in [0.1, 0.15) is 5.75 Å². The van der Waals surface area contributed by atoms with Gasteiger partial charge in [-0.15, -0.1) is 0 Å². The summed E-state index contributed by atoms with van der Waals surface area (Å²) in [6.45, 7) is 7.77. The number of aryl methyl sites for hydroxylation is 2. The molecular weight excluding hydrogens is 354 g/mol. The van der Waals surface area contributed by atoms with E-state index in [-0.39, 0.29) is 5.91 Å². The fraction of sp³-hybridized carbons (Fsp3) is 0.444. The Hall–Kier alpha value is -2.25. The molecule has 1 aromatic carbocycles. The van der Waals surface area contributed by atoms with E-state index < -0.39 is 0 Å². The second-order valence-corrected chi connectivity index (χ2v) is 6.88. The summed E-state index contributed by atoms with van der Waals surface area (Å²) in [6.07, 6.45) is 0. The monoisotopic (exact) mass is 377 g/mol. The molecule has 1 aliphatic heterocycles. The van der Waals surface area contributed by atoms with Gasteiger partial charge in [0.2, 0.25) is 5.91 Å². The third kappa shape index (κ3) is 4.11. The topological polar surface area (TPSA) is 73.5 Å². The number of methoxy groups -OCH3 is 1. The van der Waals surface area contributed by atoms with Crippen molar-refractivity contribution >= 4 is 28.9 Å². The van der Waals surface area contributed by atoms with Gasteiger partial charge in [0.25, 0.3) is 0 Å². The molecule has 0 spiro atoms. The molecule has 2 aromatic rings. The van der Waals surface area contributed by atoms with Gasteiger partial charge in [-0.2, -0.15) is 5.10 Å². The summed E-state index contributed by atoms with van der Waals surface area (Å²) in [5.41, 5.74) is 3.87. The second kappa shape index (κ2) is 7.97. The summed E-state index contributed by atoms with van der Waals surface area (Å²) in [6, 6.07) is 5.17. The molecule has 0 aliphatic carbocycles. The third-order valence-corrected chi connectivity index (χ3v) is 4.82. The molecule has 140 valence electrons. The number of H-pyrrole nitrogens is 1. The number of carbonyl (C=O) groups is 1. The first-order valence-corrected chi connectivity index (χ1v) is 8.98. The smallest absolute Gasteiger partial charge is 0.238 e. The van der Waals surface area contributed by atoms with Crippen LogP contribution in [-0.2, 0) is 4.79 Å². The quantitative estimate of drug-likeness (QED) is 0.837. The van der Waals surface area contributed by atoms with Crippen LogP contribution >= 0.6 is 11.6 Å². The zero-order chi connectivity index (χ0) is 18.7. The lowest BCUT2D eigenvalue weighted by atomic mass is 10.2. The number of halogens is 1. The number of ether oxygens (including phenoxy) is 1. The van der Waals surface area contributed by atoms with Crippen LogP contribution in [0.25, 0.3) is 0 Å². The van der Waals surface area contributed by atoms with Gasteiger partial charge in [0, 0.05) is 31.2 Å². The number of aromatic nitrogens is 2. The highest BCUT2D eigenvalue weighted by Crippen LogP contribution is 2.28. The minimum absolute atomic E-state index is 0.0744. The lowest BCUT2D eigenvalue weighted by Crippen LogP contribution is -2.49. The zero-order valence-corrected chi connectivity index (χ0v) is 16.1. The van der Waals surface area contributed by atoms with E-state index in [1.807, 2.05) is 13.8 Å². The van der Waals surface area contributed by atoms with Gasteiger partial charge in [0.05, 0.1) is 36.4 Å². The first-order chi connectivity index (χ1) is 12.5. The standard InChI is InChI=1S/C18H24ClN5O2/c1-12-18(13(2)22-21-12)24-8-6-23(7-9-24)11-17(25)20-15-10-14(19)4-5-16(15)26-3/h4-5,10H,6-9,11H2,1-3H3,(H,20,25)(H,21,22). The molecule has 0 atom stereocenters. The highest BCUT2D eigenvalue weighted by atomic mass is 35.5. The molecule has 8 heteroatoms. The number of hydrogen-bond acceptors (Lipinski definition) is 5. The fourth-order valence-electron chi connectivity index (χ4n) is 3.31. The number of benzene rings is 1. The van der Waals surface area contributed by atoms with Crippen LogP contribution in [0.2, 0.25) is 5.02 Å². The number of amides is 1. The zero-order valence-electron chi connectivity index (χ0n) is 15.3. The molecule has 7 nitrogen and oxygen atoms in total. The largest absolute Gasteiger partial charge is 0.495 e. The predicted molar refractivity (Wildman–Crippen MR) is 103 cm³/mol. The summed E-state index contributed by atoms with van der Waals surface area (Å²) in [5.74, 6) is 0.521. The van der Waals surface area contributed by atoms with Gasteiger partial charge in [-0.3, -0.25) is 14.8 Å². The van der Waals surface area contributed by atoms with Crippen molar-refractivity contribution in [2.45, 2.75) is 13.8 Å². The number of nitrogens with zero attached hydrogens (tertiary/aromatic N) is 3. The van der Waals surface area contributed by atoms with Gasteiger partial charge >= 0.3 is 0 Å². The van der Waals surface area contributed by atoms with Gasteiger partial charge in [-0.1, -0.05) is 11.6 Å². The van der Waals surface area contributed by atoms with Crippen molar-refractivity contribution in [2.75, 3.05) is 50.1 Å². The van der Waals surface area contributed by atoms with Crippen LogP contribution in [0.3, 0.4) is 0 Å². The van der Waals surface area contributed by atoms with E-state index in [4.69, 9.17) is 16.3 Å². The molecular formula is C18H24ClN5O2. The van der Waals surface area contributed by atoms with Crippen molar-refractivity contribution in [1.29, 1.82) is 0 Å². The van der Waals surface area contributed by atoms with Gasteiger partial charge in [-0.05, 0) is 32.0 Å². The fourth-order valence-corrected chi connectivity index (χ4v) is 3.48. The summed E-state index contributed by atoms with van der Waals surface area (Å²) < 4.78 is 5.27. The van der Waals surface area contributed by atoms with Crippen LogP contribution in [0.5, 0.6) is 5.75 Å². The average Bonchev–Trinajstić information content (AvgIpc) is 2.94. The maximum absolute atomic E-state index is 12.4. The highest BCUT2D eigenvalue weighted by molar-refractivity contribution is 6.31. The van der Waals surface area contributed by atoms with Crippen LogP contribution in [0, 0.1) is 13.8 Å². The van der Waals surface area contributed by atoms with E-state index in [0.29, 0.717) is 23.0 Å². The van der Waals surface area contributed by atoms with E-state index >= 15 is 0 Å². The number of anilines is 2. The summed E-state index contributed by atoms with van der Waals surface area (Å²) >= 11 is 6.01. The van der Waals surface area contributed by atoms with Gasteiger partial charge in [0.15, 0.2) is 0 Å². The number of piperazine rings is 1. The molecule has 26 heavy (non-hydrogen) atoms.